The topological polar surface area (TPSA) is 67.1 Å². The van der Waals surface area contributed by atoms with Crippen molar-refractivity contribution >= 4 is 41.3 Å². The first-order valence-corrected chi connectivity index (χ1v) is 9.91. The lowest BCUT2D eigenvalue weighted by molar-refractivity contribution is -0.140. The molecule has 0 saturated carbocycles. The van der Waals surface area contributed by atoms with Crippen molar-refractivity contribution in [2.75, 3.05) is 6.54 Å². The summed E-state index contributed by atoms with van der Waals surface area (Å²) in [6.07, 6.45) is -0.794. The Hall–Kier alpha value is -2.15. The third kappa shape index (κ3) is 6.97. The molecule has 0 fully saturated rings. The molecule has 162 valence electrons. The third-order valence-electron chi connectivity index (χ3n) is 4.01. The van der Waals surface area contributed by atoms with E-state index in [1.54, 1.807) is 6.20 Å². The SMILES string of the molecule is CCNC(=NCc1ccccc1Cn1cccn1)NCc1nc(C(F)(F)F)cs1.I. The van der Waals surface area contributed by atoms with Gasteiger partial charge in [-0.3, -0.25) is 4.68 Å². The van der Waals surface area contributed by atoms with Crippen molar-refractivity contribution in [3.63, 3.8) is 0 Å². The minimum absolute atomic E-state index is 0. The Labute approximate surface area is 193 Å². The Balaban J connectivity index is 0.00000320. The molecule has 6 nitrogen and oxygen atoms in total. The second-order valence-corrected chi connectivity index (χ2v) is 7.09. The zero-order chi connectivity index (χ0) is 20.7. The van der Waals surface area contributed by atoms with E-state index in [1.165, 1.54) is 0 Å². The Morgan fingerprint density at radius 1 is 1.17 bits per heavy atom. The van der Waals surface area contributed by atoms with Crippen LogP contribution in [-0.2, 0) is 25.8 Å². The van der Waals surface area contributed by atoms with Crippen LogP contribution in [0, 0.1) is 0 Å². The van der Waals surface area contributed by atoms with Crippen LogP contribution in [0.5, 0.6) is 0 Å². The summed E-state index contributed by atoms with van der Waals surface area (Å²) in [5.41, 5.74) is 1.29. The van der Waals surface area contributed by atoms with Crippen LogP contribution in [0.1, 0.15) is 28.8 Å². The fourth-order valence-corrected chi connectivity index (χ4v) is 3.36. The molecule has 0 aliphatic rings. The molecule has 0 saturated heterocycles. The highest BCUT2D eigenvalue weighted by atomic mass is 127. The monoisotopic (exact) mass is 550 g/mol. The fourth-order valence-electron chi connectivity index (χ4n) is 2.62. The average molecular weight is 550 g/mol. The number of thiazole rings is 1. The molecule has 0 atom stereocenters. The summed E-state index contributed by atoms with van der Waals surface area (Å²) in [5, 5.41) is 11.7. The standard InChI is InChI=1S/C19H21F3N6S.HI/c1-2-23-18(25-11-17-27-16(13-29-17)19(20,21)22)24-10-14-6-3-4-7-15(14)12-28-9-5-8-26-28;/h3-9,13H,2,10-12H2,1H3,(H2,23,24,25);1H. The van der Waals surface area contributed by atoms with Crippen LogP contribution in [0.2, 0.25) is 0 Å². The van der Waals surface area contributed by atoms with E-state index in [0.717, 1.165) is 27.8 Å². The van der Waals surface area contributed by atoms with Gasteiger partial charge >= 0.3 is 6.18 Å². The lowest BCUT2D eigenvalue weighted by Gasteiger charge is -2.12. The number of rotatable bonds is 7. The number of aromatic nitrogens is 3. The first kappa shape index (κ1) is 24.1. The molecule has 2 aromatic heterocycles. The fraction of sp³-hybridized carbons (Fsp3) is 0.316. The van der Waals surface area contributed by atoms with Gasteiger partial charge in [-0.05, 0) is 24.1 Å². The van der Waals surface area contributed by atoms with E-state index in [2.05, 4.69) is 25.7 Å². The van der Waals surface area contributed by atoms with Gasteiger partial charge in [0.1, 0.15) is 5.01 Å². The number of hydrogen-bond donors (Lipinski definition) is 2. The molecule has 0 radical (unpaired) electrons. The van der Waals surface area contributed by atoms with Gasteiger partial charge in [0.25, 0.3) is 0 Å². The first-order chi connectivity index (χ1) is 14.0. The summed E-state index contributed by atoms with van der Waals surface area (Å²) in [4.78, 5) is 8.19. The van der Waals surface area contributed by atoms with E-state index < -0.39 is 11.9 Å². The van der Waals surface area contributed by atoms with Crippen LogP contribution in [0.25, 0.3) is 0 Å². The van der Waals surface area contributed by atoms with Crippen LogP contribution in [0.3, 0.4) is 0 Å². The third-order valence-corrected chi connectivity index (χ3v) is 4.86. The van der Waals surface area contributed by atoms with Crippen LogP contribution in [0.4, 0.5) is 13.2 Å². The number of halogens is 4. The molecule has 11 heteroatoms. The Morgan fingerprint density at radius 3 is 2.57 bits per heavy atom. The van der Waals surface area contributed by atoms with E-state index in [0.29, 0.717) is 30.6 Å². The second-order valence-electron chi connectivity index (χ2n) is 6.15. The average Bonchev–Trinajstić information content (AvgIpc) is 3.36. The second kappa shape index (κ2) is 11.3. The summed E-state index contributed by atoms with van der Waals surface area (Å²) in [7, 11) is 0. The number of hydrogen-bond acceptors (Lipinski definition) is 4. The number of alkyl halides is 3. The molecule has 1 aromatic carbocycles. The van der Waals surface area contributed by atoms with Crippen LogP contribution in [0.15, 0.2) is 53.1 Å². The minimum Gasteiger partial charge on any atom is -0.357 e. The van der Waals surface area contributed by atoms with Crippen molar-refractivity contribution in [2.24, 2.45) is 4.99 Å². The van der Waals surface area contributed by atoms with E-state index >= 15 is 0 Å². The number of guanidine groups is 1. The summed E-state index contributed by atoms with van der Waals surface area (Å²) >= 11 is 0.969. The van der Waals surface area contributed by atoms with E-state index in [1.807, 2.05) is 48.1 Å². The molecule has 0 aliphatic carbocycles. The lowest BCUT2D eigenvalue weighted by atomic mass is 10.1. The molecule has 2 heterocycles. The molecular weight excluding hydrogens is 528 g/mol. The molecule has 30 heavy (non-hydrogen) atoms. The maximum absolute atomic E-state index is 12.7. The molecule has 3 rings (SSSR count). The van der Waals surface area contributed by atoms with Crippen LogP contribution >= 0.6 is 35.3 Å². The quantitative estimate of drug-likeness (QED) is 0.262. The van der Waals surface area contributed by atoms with Gasteiger partial charge in [0.05, 0.1) is 19.6 Å². The van der Waals surface area contributed by atoms with E-state index in [-0.39, 0.29) is 30.5 Å². The summed E-state index contributed by atoms with van der Waals surface area (Å²) in [6.45, 7) is 3.79. The first-order valence-electron chi connectivity index (χ1n) is 9.03. The van der Waals surface area contributed by atoms with Crippen LogP contribution < -0.4 is 10.6 Å². The summed E-state index contributed by atoms with van der Waals surface area (Å²) in [5.74, 6) is 0.519. The highest BCUT2D eigenvalue weighted by Crippen LogP contribution is 2.29. The number of nitrogens with one attached hydrogen (secondary N) is 2. The highest BCUT2D eigenvalue weighted by Gasteiger charge is 2.33. The van der Waals surface area contributed by atoms with Gasteiger partial charge in [0.15, 0.2) is 11.7 Å². The highest BCUT2D eigenvalue weighted by molar-refractivity contribution is 14.0. The van der Waals surface area contributed by atoms with Gasteiger partial charge in [-0.1, -0.05) is 24.3 Å². The molecule has 0 spiro atoms. The number of nitrogens with zero attached hydrogens (tertiary/aromatic N) is 4. The van der Waals surface area contributed by atoms with E-state index in [9.17, 15) is 13.2 Å². The Morgan fingerprint density at radius 2 is 1.93 bits per heavy atom. The predicted octanol–water partition coefficient (Wildman–Crippen LogP) is 4.28. The van der Waals surface area contributed by atoms with Gasteiger partial charge in [-0.25, -0.2) is 9.98 Å². The van der Waals surface area contributed by atoms with Gasteiger partial charge in [0.2, 0.25) is 0 Å². The smallest absolute Gasteiger partial charge is 0.357 e. The Bertz CT molecular complexity index is 940. The molecule has 0 bridgehead atoms. The van der Waals surface area contributed by atoms with Crippen molar-refractivity contribution in [2.45, 2.75) is 32.7 Å². The Kier molecular flexibility index (Phi) is 9.08. The lowest BCUT2D eigenvalue weighted by Crippen LogP contribution is -2.36. The summed E-state index contributed by atoms with van der Waals surface area (Å²) in [6, 6.07) is 9.82. The van der Waals surface area contributed by atoms with Gasteiger partial charge < -0.3 is 10.6 Å². The van der Waals surface area contributed by atoms with Gasteiger partial charge in [0, 0.05) is 24.3 Å². The zero-order valence-corrected chi connectivity index (χ0v) is 19.3. The number of benzene rings is 1. The van der Waals surface area contributed by atoms with Crippen LogP contribution in [-0.4, -0.2) is 27.3 Å². The minimum atomic E-state index is -4.42. The maximum Gasteiger partial charge on any atom is 0.434 e. The largest absolute Gasteiger partial charge is 0.434 e. The predicted molar refractivity (Wildman–Crippen MR) is 122 cm³/mol. The number of aliphatic imine (C=N–C) groups is 1. The van der Waals surface area contributed by atoms with Gasteiger partial charge in [-0.2, -0.15) is 18.3 Å². The zero-order valence-electron chi connectivity index (χ0n) is 16.2. The maximum atomic E-state index is 12.7. The molecule has 0 unspecified atom stereocenters. The molecule has 2 N–H and O–H groups in total. The van der Waals surface area contributed by atoms with Crippen molar-refractivity contribution in [1.82, 2.24) is 25.4 Å². The molecular formula is C19H22F3IN6S. The summed E-state index contributed by atoms with van der Waals surface area (Å²) < 4.78 is 39.9. The van der Waals surface area contributed by atoms with E-state index in [4.69, 9.17) is 0 Å². The molecule has 3 aromatic rings. The van der Waals surface area contributed by atoms with Crippen molar-refractivity contribution < 1.29 is 13.2 Å². The molecule has 0 aliphatic heterocycles. The van der Waals surface area contributed by atoms with Crippen molar-refractivity contribution in [1.29, 1.82) is 0 Å². The normalized spacial score (nSPS) is 11.8. The van der Waals surface area contributed by atoms with Gasteiger partial charge in [-0.15, -0.1) is 35.3 Å². The van der Waals surface area contributed by atoms with Crippen molar-refractivity contribution in [3.05, 3.63) is 69.9 Å². The molecule has 0 amide bonds. The van der Waals surface area contributed by atoms with Crippen molar-refractivity contribution in [3.8, 4) is 0 Å².